The summed E-state index contributed by atoms with van der Waals surface area (Å²) in [6.07, 6.45) is 6.74. The Morgan fingerprint density at radius 1 is 0.972 bits per heavy atom. The van der Waals surface area contributed by atoms with Crippen molar-refractivity contribution in [2.24, 2.45) is 0 Å². The number of carbonyl (C=O) groups excluding carboxylic acids is 1. The van der Waals surface area contributed by atoms with Crippen molar-refractivity contribution in [1.82, 2.24) is 20.2 Å². The zero-order chi connectivity index (χ0) is 25.0. The van der Waals surface area contributed by atoms with Gasteiger partial charge in [0.2, 0.25) is 5.91 Å². The van der Waals surface area contributed by atoms with E-state index in [4.69, 9.17) is 4.74 Å². The Kier molecular flexibility index (Phi) is 9.68. The standard InChI is InChI=1S/C29H37N5O2/c1-2-34-16-7-10-29(35)30-15-4-3-5-17-36-27-13-11-25(12-14-27)33-28-20-26(31-22-32-28)19-23-8-6-9-24(18-23)21-34/h6,8-9,11-14,18,20,22H,2-5,7,10,15-17,19,21H2,1H3,(H,30,35)(H,31,32,33). The lowest BCUT2D eigenvalue weighted by Gasteiger charge is -2.20. The average molecular weight is 488 g/mol. The van der Waals surface area contributed by atoms with Crippen LogP contribution in [0.1, 0.15) is 55.8 Å². The molecule has 36 heavy (non-hydrogen) atoms. The largest absolute Gasteiger partial charge is 0.494 e. The molecule has 6 bridgehead atoms. The van der Waals surface area contributed by atoms with Crippen molar-refractivity contribution >= 4 is 17.4 Å². The maximum atomic E-state index is 12.2. The van der Waals surface area contributed by atoms with Crippen LogP contribution in [0.2, 0.25) is 0 Å². The summed E-state index contributed by atoms with van der Waals surface area (Å²) in [6.45, 7) is 6.31. The van der Waals surface area contributed by atoms with Crippen LogP contribution in [0.5, 0.6) is 5.75 Å². The fourth-order valence-corrected chi connectivity index (χ4v) is 4.37. The third kappa shape index (κ3) is 8.34. The minimum absolute atomic E-state index is 0.146. The summed E-state index contributed by atoms with van der Waals surface area (Å²) in [5.41, 5.74) is 4.42. The van der Waals surface area contributed by atoms with Gasteiger partial charge in [-0.25, -0.2) is 9.97 Å². The van der Waals surface area contributed by atoms with Gasteiger partial charge in [-0.3, -0.25) is 9.69 Å². The Morgan fingerprint density at radius 3 is 2.69 bits per heavy atom. The van der Waals surface area contributed by atoms with E-state index in [-0.39, 0.29) is 5.91 Å². The van der Waals surface area contributed by atoms with E-state index in [1.807, 2.05) is 30.3 Å². The van der Waals surface area contributed by atoms with Crippen LogP contribution in [-0.4, -0.2) is 47.0 Å². The normalized spacial score (nSPS) is 16.6. The number of hydrogen-bond donors (Lipinski definition) is 2. The highest BCUT2D eigenvalue weighted by molar-refractivity contribution is 5.75. The van der Waals surface area contributed by atoms with Gasteiger partial charge in [-0.1, -0.05) is 31.2 Å². The lowest BCUT2D eigenvalue weighted by atomic mass is 10.1. The number of ether oxygens (including phenoxy) is 1. The van der Waals surface area contributed by atoms with Crippen LogP contribution >= 0.6 is 0 Å². The monoisotopic (exact) mass is 487 g/mol. The summed E-state index contributed by atoms with van der Waals surface area (Å²) in [5, 5.41) is 6.43. The molecule has 0 saturated carbocycles. The molecule has 0 fully saturated rings. The fourth-order valence-electron chi connectivity index (χ4n) is 4.37. The first-order valence-electron chi connectivity index (χ1n) is 13.1. The van der Waals surface area contributed by atoms with Crippen molar-refractivity contribution in [2.75, 3.05) is 31.6 Å². The van der Waals surface area contributed by atoms with E-state index >= 15 is 0 Å². The Bertz CT molecular complexity index is 1100. The molecular weight excluding hydrogens is 450 g/mol. The van der Waals surface area contributed by atoms with Gasteiger partial charge in [0.25, 0.3) is 0 Å². The van der Waals surface area contributed by atoms with Gasteiger partial charge in [-0.15, -0.1) is 0 Å². The van der Waals surface area contributed by atoms with E-state index in [0.29, 0.717) is 13.0 Å². The smallest absolute Gasteiger partial charge is 0.220 e. The first-order chi connectivity index (χ1) is 17.7. The highest BCUT2D eigenvalue weighted by Gasteiger charge is 2.08. The van der Waals surface area contributed by atoms with Crippen LogP contribution in [0.15, 0.2) is 60.9 Å². The van der Waals surface area contributed by atoms with Crippen LogP contribution < -0.4 is 15.4 Å². The molecular formula is C29H37N5O2. The first kappa shape index (κ1) is 25.6. The summed E-state index contributed by atoms with van der Waals surface area (Å²) >= 11 is 0. The number of amides is 1. The summed E-state index contributed by atoms with van der Waals surface area (Å²) < 4.78 is 5.87. The highest BCUT2D eigenvalue weighted by atomic mass is 16.5. The van der Waals surface area contributed by atoms with Crippen molar-refractivity contribution in [2.45, 2.75) is 52.0 Å². The summed E-state index contributed by atoms with van der Waals surface area (Å²) in [4.78, 5) is 23.5. The minimum atomic E-state index is 0.146. The molecule has 7 heteroatoms. The average Bonchev–Trinajstić information content (AvgIpc) is 2.88. The molecule has 0 atom stereocenters. The van der Waals surface area contributed by atoms with Crippen LogP contribution in [0.25, 0.3) is 0 Å². The number of nitrogens with zero attached hydrogens (tertiary/aromatic N) is 3. The van der Waals surface area contributed by atoms with Crippen molar-refractivity contribution < 1.29 is 9.53 Å². The van der Waals surface area contributed by atoms with Gasteiger partial charge in [0.1, 0.15) is 17.9 Å². The minimum Gasteiger partial charge on any atom is -0.494 e. The zero-order valence-electron chi connectivity index (χ0n) is 21.2. The van der Waals surface area contributed by atoms with Gasteiger partial charge in [0.15, 0.2) is 0 Å². The Labute approximate surface area is 214 Å². The quantitative estimate of drug-likeness (QED) is 0.498. The van der Waals surface area contributed by atoms with Gasteiger partial charge >= 0.3 is 0 Å². The van der Waals surface area contributed by atoms with Crippen LogP contribution in [-0.2, 0) is 17.8 Å². The molecule has 0 spiro atoms. The Morgan fingerprint density at radius 2 is 1.83 bits per heavy atom. The molecule has 0 aliphatic carbocycles. The van der Waals surface area contributed by atoms with E-state index < -0.39 is 0 Å². The molecule has 7 nitrogen and oxygen atoms in total. The predicted octanol–water partition coefficient (Wildman–Crippen LogP) is 5.09. The molecule has 2 aliphatic rings. The molecule has 2 aliphatic heterocycles. The number of hydrogen-bond acceptors (Lipinski definition) is 6. The molecule has 1 amide bonds. The van der Waals surface area contributed by atoms with Gasteiger partial charge in [-0.05, 0) is 74.2 Å². The second-order valence-corrected chi connectivity index (χ2v) is 9.27. The van der Waals surface area contributed by atoms with E-state index in [1.54, 1.807) is 6.33 Å². The maximum Gasteiger partial charge on any atom is 0.220 e. The molecule has 190 valence electrons. The van der Waals surface area contributed by atoms with E-state index in [1.165, 1.54) is 11.1 Å². The van der Waals surface area contributed by atoms with Gasteiger partial charge in [0, 0.05) is 37.7 Å². The molecule has 0 unspecified atom stereocenters. The third-order valence-electron chi connectivity index (χ3n) is 6.37. The second kappa shape index (κ2) is 13.6. The summed E-state index contributed by atoms with van der Waals surface area (Å²) in [5.74, 6) is 1.77. The molecule has 2 aromatic carbocycles. The second-order valence-electron chi connectivity index (χ2n) is 9.27. The summed E-state index contributed by atoms with van der Waals surface area (Å²) in [6, 6.07) is 18.6. The topological polar surface area (TPSA) is 79.4 Å². The molecule has 0 radical (unpaired) electrons. The van der Waals surface area contributed by atoms with Gasteiger partial charge in [0.05, 0.1) is 12.3 Å². The maximum absolute atomic E-state index is 12.2. The number of nitrogens with one attached hydrogen (secondary N) is 2. The number of rotatable bonds is 1. The fraction of sp³-hybridized carbons (Fsp3) is 0.414. The van der Waals surface area contributed by atoms with Crippen molar-refractivity contribution in [3.05, 3.63) is 77.7 Å². The van der Waals surface area contributed by atoms with Gasteiger partial charge in [-0.2, -0.15) is 0 Å². The summed E-state index contributed by atoms with van der Waals surface area (Å²) in [7, 11) is 0. The molecule has 3 heterocycles. The number of carbonyl (C=O) groups is 1. The predicted molar refractivity (Wildman–Crippen MR) is 144 cm³/mol. The number of fused-ring (bicyclic) bond motifs is 14. The first-order valence-corrected chi connectivity index (χ1v) is 13.1. The number of aromatic nitrogens is 2. The zero-order valence-corrected chi connectivity index (χ0v) is 21.2. The lowest BCUT2D eigenvalue weighted by molar-refractivity contribution is -0.121. The number of anilines is 2. The SMILES string of the molecule is CCN1CCCC(=O)NCCCCCOc2ccc(cc2)Nc2cc(ncn2)Cc2cccc(c2)C1. The molecule has 1 aromatic heterocycles. The van der Waals surface area contributed by atoms with Crippen molar-refractivity contribution in [1.29, 1.82) is 0 Å². The van der Waals surface area contributed by atoms with Crippen molar-refractivity contribution in [3.63, 3.8) is 0 Å². The highest BCUT2D eigenvalue weighted by Crippen LogP contribution is 2.20. The Balaban J connectivity index is 1.47. The van der Waals surface area contributed by atoms with Crippen molar-refractivity contribution in [3.8, 4) is 5.75 Å². The Hall–Kier alpha value is -3.45. The van der Waals surface area contributed by atoms with Crippen LogP contribution in [0.4, 0.5) is 11.5 Å². The van der Waals surface area contributed by atoms with E-state index in [0.717, 1.165) is 81.2 Å². The molecule has 0 saturated heterocycles. The molecule has 5 rings (SSSR count). The molecule has 3 aromatic rings. The third-order valence-corrected chi connectivity index (χ3v) is 6.37. The van der Waals surface area contributed by atoms with E-state index in [2.05, 4.69) is 56.7 Å². The molecule has 2 N–H and O–H groups in total. The van der Waals surface area contributed by atoms with Crippen LogP contribution in [0.3, 0.4) is 0 Å². The van der Waals surface area contributed by atoms with Gasteiger partial charge < -0.3 is 15.4 Å². The van der Waals surface area contributed by atoms with Crippen LogP contribution in [0, 0.1) is 0 Å². The lowest BCUT2D eigenvalue weighted by Crippen LogP contribution is -2.28. The number of benzene rings is 2. The van der Waals surface area contributed by atoms with E-state index in [9.17, 15) is 4.79 Å².